The van der Waals surface area contributed by atoms with Gasteiger partial charge in [0.15, 0.2) is 0 Å². The van der Waals surface area contributed by atoms with Crippen molar-refractivity contribution in [1.82, 2.24) is 15.1 Å². The van der Waals surface area contributed by atoms with Gasteiger partial charge in [0.25, 0.3) is 5.91 Å². The van der Waals surface area contributed by atoms with Crippen molar-refractivity contribution in [3.8, 4) is 5.69 Å². The zero-order valence-corrected chi connectivity index (χ0v) is 22.5. The molecule has 8 heteroatoms. The van der Waals surface area contributed by atoms with Crippen LogP contribution in [0.5, 0.6) is 0 Å². The highest BCUT2D eigenvalue weighted by atomic mass is 35.5. The molecule has 196 valence electrons. The Hall–Kier alpha value is -3.97. The first-order valence-electron chi connectivity index (χ1n) is 12.3. The molecule has 6 nitrogen and oxygen atoms in total. The van der Waals surface area contributed by atoms with Crippen LogP contribution in [-0.2, 0) is 16.8 Å². The molecule has 1 aromatic heterocycles. The van der Waals surface area contributed by atoms with Crippen molar-refractivity contribution < 1.29 is 14.0 Å². The van der Waals surface area contributed by atoms with Gasteiger partial charge in [-0.25, -0.2) is 9.07 Å². The van der Waals surface area contributed by atoms with E-state index in [4.69, 9.17) is 16.7 Å². The standard InChI is InChI=1S/C30H30ClFN4O2/c1-19(20-13-14-25(26(32)15-20)29(38)34-22-10-6-5-7-11-22)28(37)33-18-24-17-27(30(2,3)4)35-36(24)23-12-8-9-21(31)16-23/h5-17,19H,18H2,1-4H3,(H,33,37)(H,34,38). The molecule has 0 radical (unpaired) electrons. The van der Waals surface area contributed by atoms with Gasteiger partial charge in [0.2, 0.25) is 5.91 Å². The lowest BCUT2D eigenvalue weighted by Gasteiger charge is -2.15. The van der Waals surface area contributed by atoms with Crippen molar-refractivity contribution in [3.63, 3.8) is 0 Å². The molecule has 0 bridgehead atoms. The van der Waals surface area contributed by atoms with Crippen LogP contribution in [-0.4, -0.2) is 21.6 Å². The Morgan fingerprint density at radius 2 is 1.74 bits per heavy atom. The highest BCUT2D eigenvalue weighted by molar-refractivity contribution is 6.30. The number of aromatic nitrogens is 2. The van der Waals surface area contributed by atoms with E-state index in [9.17, 15) is 14.0 Å². The van der Waals surface area contributed by atoms with Crippen molar-refractivity contribution in [2.45, 2.75) is 45.6 Å². The summed E-state index contributed by atoms with van der Waals surface area (Å²) < 4.78 is 16.6. The second-order valence-electron chi connectivity index (χ2n) is 10.2. The highest BCUT2D eigenvalue weighted by Crippen LogP contribution is 2.25. The van der Waals surface area contributed by atoms with Gasteiger partial charge in [-0.05, 0) is 61.0 Å². The Bertz CT molecular complexity index is 1460. The number of hydrogen-bond acceptors (Lipinski definition) is 3. The third kappa shape index (κ3) is 6.29. The number of anilines is 1. The molecular weight excluding hydrogens is 503 g/mol. The molecule has 3 aromatic carbocycles. The van der Waals surface area contributed by atoms with Crippen LogP contribution in [0.2, 0.25) is 5.02 Å². The zero-order chi connectivity index (χ0) is 27.4. The predicted octanol–water partition coefficient (Wildman–Crippen LogP) is 6.63. The topological polar surface area (TPSA) is 76.0 Å². The highest BCUT2D eigenvalue weighted by Gasteiger charge is 2.23. The number of nitrogens with zero attached hydrogens (tertiary/aromatic N) is 2. The van der Waals surface area contributed by atoms with Crippen LogP contribution in [0.3, 0.4) is 0 Å². The van der Waals surface area contributed by atoms with E-state index in [0.717, 1.165) is 17.1 Å². The molecule has 1 unspecified atom stereocenters. The number of amides is 2. The van der Waals surface area contributed by atoms with Crippen LogP contribution in [0.1, 0.15) is 60.9 Å². The fourth-order valence-corrected chi connectivity index (χ4v) is 4.12. The zero-order valence-electron chi connectivity index (χ0n) is 21.8. The quantitative estimate of drug-likeness (QED) is 0.280. The molecule has 0 aliphatic heterocycles. The Morgan fingerprint density at radius 1 is 1.00 bits per heavy atom. The second kappa shape index (κ2) is 11.2. The minimum absolute atomic E-state index is 0.0923. The summed E-state index contributed by atoms with van der Waals surface area (Å²) in [5.74, 6) is -2.16. The maximum Gasteiger partial charge on any atom is 0.258 e. The molecule has 0 spiro atoms. The fraction of sp³-hybridized carbons (Fsp3) is 0.233. The van der Waals surface area contributed by atoms with Crippen molar-refractivity contribution >= 4 is 29.1 Å². The molecule has 0 fully saturated rings. The second-order valence-corrected chi connectivity index (χ2v) is 10.6. The molecule has 38 heavy (non-hydrogen) atoms. The summed E-state index contributed by atoms with van der Waals surface area (Å²) in [5.41, 5.74) is 3.21. The van der Waals surface area contributed by atoms with Gasteiger partial charge in [0.1, 0.15) is 5.82 Å². The van der Waals surface area contributed by atoms with Gasteiger partial charge in [0, 0.05) is 16.1 Å². The number of para-hydroxylation sites is 1. The summed E-state index contributed by atoms with van der Waals surface area (Å²) in [6.07, 6.45) is 0. The van der Waals surface area contributed by atoms with E-state index in [0.29, 0.717) is 16.3 Å². The number of carbonyl (C=O) groups excluding carboxylic acids is 2. The lowest BCUT2D eigenvalue weighted by Crippen LogP contribution is -2.28. The average molecular weight is 533 g/mol. The lowest BCUT2D eigenvalue weighted by atomic mass is 9.92. The number of hydrogen-bond donors (Lipinski definition) is 2. The summed E-state index contributed by atoms with van der Waals surface area (Å²) in [5, 5.41) is 11.0. The summed E-state index contributed by atoms with van der Waals surface area (Å²) in [6.45, 7) is 8.13. The van der Waals surface area contributed by atoms with E-state index in [2.05, 4.69) is 31.4 Å². The third-order valence-corrected chi connectivity index (χ3v) is 6.45. The Kier molecular flexibility index (Phi) is 7.97. The molecule has 2 amide bonds. The van der Waals surface area contributed by atoms with E-state index in [1.807, 2.05) is 30.3 Å². The molecule has 0 aliphatic rings. The van der Waals surface area contributed by atoms with Crippen molar-refractivity contribution in [3.05, 3.63) is 112 Å². The predicted molar refractivity (Wildman–Crippen MR) is 148 cm³/mol. The summed E-state index contributed by atoms with van der Waals surface area (Å²) in [4.78, 5) is 25.5. The lowest BCUT2D eigenvalue weighted by molar-refractivity contribution is -0.122. The van der Waals surface area contributed by atoms with Crippen molar-refractivity contribution in [2.75, 3.05) is 5.32 Å². The molecule has 0 saturated heterocycles. The maximum atomic E-state index is 14.9. The van der Waals surface area contributed by atoms with Crippen LogP contribution in [0.15, 0.2) is 78.9 Å². The molecule has 0 aliphatic carbocycles. The number of nitrogens with one attached hydrogen (secondary N) is 2. The Labute approximate surface area is 226 Å². The maximum absolute atomic E-state index is 14.9. The number of halogens is 2. The smallest absolute Gasteiger partial charge is 0.258 e. The Balaban J connectivity index is 1.48. The normalized spacial score (nSPS) is 12.2. The van der Waals surface area contributed by atoms with E-state index in [-0.39, 0.29) is 23.4 Å². The molecule has 4 aromatic rings. The Morgan fingerprint density at radius 3 is 2.39 bits per heavy atom. The minimum atomic E-state index is -0.690. The van der Waals surface area contributed by atoms with Crippen LogP contribution in [0, 0.1) is 5.82 Å². The third-order valence-electron chi connectivity index (χ3n) is 6.21. The van der Waals surface area contributed by atoms with Gasteiger partial charge >= 0.3 is 0 Å². The first kappa shape index (κ1) is 27.1. The van der Waals surface area contributed by atoms with Gasteiger partial charge < -0.3 is 10.6 Å². The molecule has 1 atom stereocenters. The molecule has 1 heterocycles. The van der Waals surface area contributed by atoms with E-state index in [1.54, 1.807) is 48.0 Å². The summed E-state index contributed by atoms with van der Waals surface area (Å²) >= 11 is 6.20. The number of carbonyl (C=O) groups is 2. The van der Waals surface area contributed by atoms with E-state index in [1.165, 1.54) is 12.1 Å². The van der Waals surface area contributed by atoms with Crippen LogP contribution < -0.4 is 10.6 Å². The van der Waals surface area contributed by atoms with E-state index < -0.39 is 17.6 Å². The van der Waals surface area contributed by atoms with Crippen molar-refractivity contribution in [1.29, 1.82) is 0 Å². The van der Waals surface area contributed by atoms with Gasteiger partial charge in [-0.3, -0.25) is 9.59 Å². The first-order chi connectivity index (χ1) is 18.0. The minimum Gasteiger partial charge on any atom is -0.350 e. The largest absolute Gasteiger partial charge is 0.350 e. The molecular formula is C30H30ClFN4O2. The van der Waals surface area contributed by atoms with Crippen LogP contribution in [0.25, 0.3) is 5.69 Å². The first-order valence-corrected chi connectivity index (χ1v) is 12.7. The van der Waals surface area contributed by atoms with Gasteiger partial charge in [0.05, 0.1) is 35.1 Å². The molecule has 2 N–H and O–H groups in total. The molecule has 0 saturated carbocycles. The monoisotopic (exact) mass is 532 g/mol. The average Bonchev–Trinajstić information content (AvgIpc) is 3.32. The van der Waals surface area contributed by atoms with E-state index >= 15 is 0 Å². The SMILES string of the molecule is CC(C(=O)NCc1cc(C(C)(C)C)nn1-c1cccc(Cl)c1)c1ccc(C(=O)Nc2ccccc2)c(F)c1. The van der Waals surface area contributed by atoms with Crippen molar-refractivity contribution in [2.24, 2.45) is 0 Å². The molecule has 4 rings (SSSR count). The van der Waals surface area contributed by atoms with Gasteiger partial charge in [-0.2, -0.15) is 5.10 Å². The van der Waals surface area contributed by atoms with Gasteiger partial charge in [-0.1, -0.05) is 62.7 Å². The number of rotatable bonds is 7. The van der Waals surface area contributed by atoms with Gasteiger partial charge in [-0.15, -0.1) is 0 Å². The van der Waals surface area contributed by atoms with Crippen LogP contribution >= 0.6 is 11.6 Å². The summed E-state index contributed by atoms with van der Waals surface area (Å²) in [6, 6.07) is 22.4. The fourth-order valence-electron chi connectivity index (χ4n) is 3.93. The number of benzene rings is 3. The van der Waals surface area contributed by atoms with Crippen LogP contribution in [0.4, 0.5) is 10.1 Å². The summed E-state index contributed by atoms with van der Waals surface area (Å²) in [7, 11) is 0.